The van der Waals surface area contributed by atoms with Crippen molar-refractivity contribution >= 4 is 17.5 Å². The van der Waals surface area contributed by atoms with Crippen molar-refractivity contribution in [2.24, 2.45) is 0 Å². The highest BCUT2D eigenvalue weighted by Gasteiger charge is 2.23. The molecular weight excluding hydrogens is 232 g/mol. The number of carbonyl (C=O) groups is 2. The van der Waals surface area contributed by atoms with Crippen molar-refractivity contribution in [2.75, 3.05) is 19.0 Å². The van der Waals surface area contributed by atoms with Crippen LogP contribution in [0, 0.1) is 0 Å². The van der Waals surface area contributed by atoms with Crippen molar-refractivity contribution < 1.29 is 14.3 Å². The Kier molecular flexibility index (Phi) is 3.94. The van der Waals surface area contributed by atoms with Crippen LogP contribution in [0.25, 0.3) is 0 Å². The van der Waals surface area contributed by atoms with Gasteiger partial charge in [-0.3, -0.25) is 9.59 Å². The lowest BCUT2D eigenvalue weighted by Crippen LogP contribution is -2.26. The fourth-order valence-corrected chi connectivity index (χ4v) is 1.86. The predicted octanol–water partition coefficient (Wildman–Crippen LogP) is 1.16. The smallest absolute Gasteiger partial charge is 0.253 e. The summed E-state index contributed by atoms with van der Waals surface area (Å²) < 4.78 is 5.29. The minimum atomic E-state index is -0.344. The first-order chi connectivity index (χ1) is 8.70. The van der Waals surface area contributed by atoms with Crippen molar-refractivity contribution in [3.63, 3.8) is 0 Å². The second-order valence-electron chi connectivity index (χ2n) is 4.15. The molecule has 1 aromatic carbocycles. The van der Waals surface area contributed by atoms with Gasteiger partial charge in [-0.1, -0.05) is 0 Å². The van der Waals surface area contributed by atoms with Crippen molar-refractivity contribution in [1.29, 1.82) is 0 Å². The lowest BCUT2D eigenvalue weighted by molar-refractivity contribution is -0.124. The third-order valence-electron chi connectivity index (χ3n) is 2.86. The summed E-state index contributed by atoms with van der Waals surface area (Å²) in [5.41, 5.74) is 1.23. The number of carbonyl (C=O) groups excluding carboxylic acids is 2. The molecular formula is C13H16N2O3. The fraction of sp³-hybridized carbons (Fsp3) is 0.385. The molecule has 5 heteroatoms. The molecule has 0 spiro atoms. The minimum absolute atomic E-state index is 0.125. The Balaban J connectivity index is 1.97. The third kappa shape index (κ3) is 2.87. The molecule has 2 rings (SSSR count). The molecule has 18 heavy (non-hydrogen) atoms. The molecule has 1 heterocycles. The number of amides is 2. The first-order valence-electron chi connectivity index (χ1n) is 5.95. The second kappa shape index (κ2) is 5.64. The number of hydrogen-bond donors (Lipinski definition) is 2. The van der Waals surface area contributed by atoms with Crippen LogP contribution in [0.15, 0.2) is 24.3 Å². The molecule has 1 unspecified atom stereocenters. The van der Waals surface area contributed by atoms with Gasteiger partial charge in [0, 0.05) is 24.9 Å². The molecule has 1 saturated heterocycles. The van der Waals surface area contributed by atoms with Gasteiger partial charge in [0.05, 0.1) is 0 Å². The number of rotatable bonds is 3. The van der Waals surface area contributed by atoms with Crippen LogP contribution in [-0.4, -0.2) is 31.6 Å². The number of ether oxygens (including phenoxy) is 1. The average Bonchev–Trinajstić information content (AvgIpc) is 2.92. The molecule has 2 amide bonds. The zero-order valence-electron chi connectivity index (χ0n) is 10.2. The molecule has 1 aliphatic rings. The summed E-state index contributed by atoms with van der Waals surface area (Å²) in [6, 6.07) is 6.75. The summed E-state index contributed by atoms with van der Waals surface area (Å²) in [7, 11) is 1.58. The van der Waals surface area contributed by atoms with E-state index in [1.807, 2.05) is 0 Å². The normalized spacial score (nSPS) is 18.4. The van der Waals surface area contributed by atoms with Crippen LogP contribution >= 0.6 is 0 Å². The van der Waals surface area contributed by atoms with E-state index in [0.29, 0.717) is 17.9 Å². The van der Waals surface area contributed by atoms with E-state index < -0.39 is 0 Å². The Morgan fingerprint density at radius 3 is 2.56 bits per heavy atom. The van der Waals surface area contributed by atoms with Gasteiger partial charge < -0.3 is 15.4 Å². The van der Waals surface area contributed by atoms with Gasteiger partial charge in [0.15, 0.2) is 0 Å². The predicted molar refractivity (Wildman–Crippen MR) is 67.4 cm³/mol. The van der Waals surface area contributed by atoms with Crippen LogP contribution in [0.1, 0.15) is 23.2 Å². The number of nitrogens with one attached hydrogen (secondary N) is 2. The van der Waals surface area contributed by atoms with Gasteiger partial charge in [0.25, 0.3) is 11.8 Å². The van der Waals surface area contributed by atoms with E-state index in [1.54, 1.807) is 31.3 Å². The van der Waals surface area contributed by atoms with Gasteiger partial charge in [0.2, 0.25) is 0 Å². The van der Waals surface area contributed by atoms with Crippen molar-refractivity contribution in [2.45, 2.75) is 18.9 Å². The van der Waals surface area contributed by atoms with Crippen LogP contribution in [0.5, 0.6) is 0 Å². The molecule has 1 aliphatic heterocycles. The Bertz CT molecular complexity index is 436. The highest BCUT2D eigenvalue weighted by molar-refractivity contribution is 5.96. The molecule has 0 saturated carbocycles. The number of benzene rings is 1. The third-order valence-corrected chi connectivity index (χ3v) is 2.86. The maximum Gasteiger partial charge on any atom is 0.253 e. The summed E-state index contributed by atoms with van der Waals surface area (Å²) in [6.07, 6.45) is 1.35. The molecule has 0 aromatic heterocycles. The van der Waals surface area contributed by atoms with E-state index in [0.717, 1.165) is 12.8 Å². The maximum atomic E-state index is 11.8. The SMILES string of the molecule is CNC(=O)c1ccc(NC(=O)C2CCCO2)cc1. The summed E-state index contributed by atoms with van der Waals surface area (Å²) in [6.45, 7) is 0.647. The standard InChI is InChI=1S/C13H16N2O3/c1-14-12(16)9-4-6-10(7-5-9)15-13(17)11-3-2-8-18-11/h4-7,11H,2-3,8H2,1H3,(H,14,16)(H,15,17). The molecule has 0 aliphatic carbocycles. The number of hydrogen-bond acceptors (Lipinski definition) is 3. The molecule has 1 fully saturated rings. The van der Waals surface area contributed by atoms with E-state index in [-0.39, 0.29) is 17.9 Å². The quantitative estimate of drug-likeness (QED) is 0.843. The molecule has 1 atom stereocenters. The van der Waals surface area contributed by atoms with Gasteiger partial charge in [0.1, 0.15) is 6.10 Å². The maximum absolute atomic E-state index is 11.8. The van der Waals surface area contributed by atoms with E-state index >= 15 is 0 Å². The largest absolute Gasteiger partial charge is 0.368 e. The topological polar surface area (TPSA) is 67.4 Å². The van der Waals surface area contributed by atoms with Gasteiger partial charge in [-0.05, 0) is 37.1 Å². The highest BCUT2D eigenvalue weighted by atomic mass is 16.5. The van der Waals surface area contributed by atoms with Crippen molar-refractivity contribution in [1.82, 2.24) is 5.32 Å². The van der Waals surface area contributed by atoms with Crippen molar-refractivity contribution in [3.05, 3.63) is 29.8 Å². The summed E-state index contributed by atoms with van der Waals surface area (Å²) in [5, 5.41) is 5.31. The molecule has 2 N–H and O–H groups in total. The molecule has 1 aromatic rings. The average molecular weight is 248 g/mol. The Morgan fingerprint density at radius 1 is 1.28 bits per heavy atom. The van der Waals surface area contributed by atoms with Gasteiger partial charge in [-0.25, -0.2) is 0 Å². The second-order valence-corrected chi connectivity index (χ2v) is 4.15. The van der Waals surface area contributed by atoms with Crippen LogP contribution in [0.4, 0.5) is 5.69 Å². The monoisotopic (exact) mass is 248 g/mol. The van der Waals surface area contributed by atoms with Gasteiger partial charge in [-0.15, -0.1) is 0 Å². The highest BCUT2D eigenvalue weighted by Crippen LogP contribution is 2.15. The Hall–Kier alpha value is -1.88. The van der Waals surface area contributed by atoms with E-state index in [2.05, 4.69) is 10.6 Å². The molecule has 96 valence electrons. The fourth-order valence-electron chi connectivity index (χ4n) is 1.86. The molecule has 0 bridgehead atoms. The summed E-state index contributed by atoms with van der Waals surface area (Å²) in [4.78, 5) is 23.1. The zero-order valence-corrected chi connectivity index (χ0v) is 10.2. The van der Waals surface area contributed by atoms with E-state index in [9.17, 15) is 9.59 Å². The lowest BCUT2D eigenvalue weighted by Gasteiger charge is -2.10. The first-order valence-corrected chi connectivity index (χ1v) is 5.95. The summed E-state index contributed by atoms with van der Waals surface area (Å²) in [5.74, 6) is -0.271. The number of anilines is 1. The van der Waals surface area contributed by atoms with E-state index in [1.165, 1.54) is 0 Å². The summed E-state index contributed by atoms with van der Waals surface area (Å²) >= 11 is 0. The molecule has 0 radical (unpaired) electrons. The van der Waals surface area contributed by atoms with Crippen LogP contribution in [-0.2, 0) is 9.53 Å². The van der Waals surface area contributed by atoms with Crippen LogP contribution in [0.3, 0.4) is 0 Å². The zero-order chi connectivity index (χ0) is 13.0. The first kappa shape index (κ1) is 12.6. The van der Waals surface area contributed by atoms with Crippen LogP contribution < -0.4 is 10.6 Å². The minimum Gasteiger partial charge on any atom is -0.368 e. The lowest BCUT2D eigenvalue weighted by atomic mass is 10.2. The van der Waals surface area contributed by atoms with Gasteiger partial charge >= 0.3 is 0 Å². The van der Waals surface area contributed by atoms with Crippen molar-refractivity contribution in [3.8, 4) is 0 Å². The van der Waals surface area contributed by atoms with Gasteiger partial charge in [-0.2, -0.15) is 0 Å². The van der Waals surface area contributed by atoms with Crippen LogP contribution in [0.2, 0.25) is 0 Å². The Labute approximate surface area is 106 Å². The Morgan fingerprint density at radius 2 is 2.00 bits per heavy atom. The molecule has 5 nitrogen and oxygen atoms in total. The van der Waals surface area contributed by atoms with E-state index in [4.69, 9.17) is 4.74 Å².